The first-order valence-corrected chi connectivity index (χ1v) is 5.53. The van der Waals surface area contributed by atoms with Crippen molar-refractivity contribution in [1.29, 1.82) is 0 Å². The zero-order valence-corrected chi connectivity index (χ0v) is 8.86. The number of halogens is 1. The fourth-order valence-electron chi connectivity index (χ4n) is 2.22. The van der Waals surface area contributed by atoms with Crippen LogP contribution in [0.2, 0.25) is 0 Å². The van der Waals surface area contributed by atoms with Gasteiger partial charge in [-0.15, -0.1) is 10.2 Å². The molecule has 1 saturated heterocycles. The van der Waals surface area contributed by atoms with Gasteiger partial charge in [0.05, 0.1) is 0 Å². The molecule has 3 rings (SSSR count). The predicted molar refractivity (Wildman–Crippen MR) is 57.6 cm³/mol. The highest BCUT2D eigenvalue weighted by atomic mass is 19.1. The Morgan fingerprint density at radius 1 is 1.50 bits per heavy atom. The van der Waals surface area contributed by atoms with Crippen LogP contribution in [-0.2, 0) is 6.42 Å². The molecule has 2 aromatic heterocycles. The van der Waals surface area contributed by atoms with E-state index in [1.165, 1.54) is 6.07 Å². The van der Waals surface area contributed by atoms with E-state index in [9.17, 15) is 4.39 Å². The van der Waals surface area contributed by atoms with Gasteiger partial charge in [-0.05, 0) is 37.6 Å². The molecule has 4 nitrogen and oxygen atoms in total. The summed E-state index contributed by atoms with van der Waals surface area (Å²) in [6, 6.07) is 3.09. The Kier molecular flexibility index (Phi) is 2.32. The molecule has 0 aliphatic carbocycles. The highest BCUT2D eigenvalue weighted by Gasteiger charge is 2.18. The number of hydrogen-bond acceptors (Lipinski definition) is 3. The minimum Gasteiger partial charge on any atom is -0.316 e. The van der Waals surface area contributed by atoms with Crippen LogP contribution in [0.15, 0.2) is 18.3 Å². The Bertz CT molecular complexity index is 502. The molecule has 2 aromatic rings. The van der Waals surface area contributed by atoms with Crippen LogP contribution in [0, 0.1) is 11.7 Å². The first-order valence-electron chi connectivity index (χ1n) is 5.53. The molecule has 1 N–H and O–H groups in total. The summed E-state index contributed by atoms with van der Waals surface area (Å²) in [5.41, 5.74) is 0.323. The summed E-state index contributed by atoms with van der Waals surface area (Å²) in [6.45, 7) is 2.08. The smallest absolute Gasteiger partial charge is 0.196 e. The van der Waals surface area contributed by atoms with E-state index in [-0.39, 0.29) is 5.82 Å². The largest absolute Gasteiger partial charge is 0.316 e. The lowest BCUT2D eigenvalue weighted by Gasteiger charge is -2.05. The molecular weight excluding hydrogens is 207 g/mol. The monoisotopic (exact) mass is 220 g/mol. The first kappa shape index (κ1) is 9.72. The Balaban J connectivity index is 1.94. The minimum atomic E-state index is -0.314. The van der Waals surface area contributed by atoms with Gasteiger partial charge >= 0.3 is 0 Å². The van der Waals surface area contributed by atoms with Gasteiger partial charge in [0.15, 0.2) is 11.5 Å². The van der Waals surface area contributed by atoms with E-state index in [0.717, 1.165) is 31.8 Å². The maximum atomic E-state index is 13.4. The molecule has 1 fully saturated rings. The summed E-state index contributed by atoms with van der Waals surface area (Å²) < 4.78 is 15.1. The van der Waals surface area contributed by atoms with E-state index < -0.39 is 0 Å². The third-order valence-electron chi connectivity index (χ3n) is 3.09. The molecule has 0 radical (unpaired) electrons. The van der Waals surface area contributed by atoms with Gasteiger partial charge in [-0.25, -0.2) is 4.39 Å². The molecule has 84 valence electrons. The van der Waals surface area contributed by atoms with Crippen molar-refractivity contribution in [2.75, 3.05) is 13.1 Å². The second-order valence-corrected chi connectivity index (χ2v) is 4.23. The Morgan fingerprint density at radius 3 is 3.25 bits per heavy atom. The molecule has 5 heteroatoms. The lowest BCUT2D eigenvalue weighted by atomic mass is 10.1. The standard InChI is InChI=1S/C11H13FN4/c12-9-2-1-5-16-10(14-15-11(9)16)6-8-3-4-13-7-8/h1-2,5,8,13H,3-4,6-7H2. The van der Waals surface area contributed by atoms with Crippen LogP contribution in [-0.4, -0.2) is 27.7 Å². The summed E-state index contributed by atoms with van der Waals surface area (Å²) in [6.07, 6.45) is 3.83. The molecule has 16 heavy (non-hydrogen) atoms. The SMILES string of the molecule is Fc1cccn2c(CC3CCNC3)nnc12. The fourth-order valence-corrected chi connectivity index (χ4v) is 2.22. The van der Waals surface area contributed by atoms with Gasteiger partial charge in [-0.3, -0.25) is 4.40 Å². The molecule has 0 amide bonds. The molecule has 0 saturated carbocycles. The van der Waals surface area contributed by atoms with Crippen LogP contribution in [0.25, 0.3) is 5.65 Å². The molecule has 1 unspecified atom stereocenters. The van der Waals surface area contributed by atoms with Crippen molar-refractivity contribution in [1.82, 2.24) is 19.9 Å². The van der Waals surface area contributed by atoms with Crippen molar-refractivity contribution in [3.8, 4) is 0 Å². The second-order valence-electron chi connectivity index (χ2n) is 4.23. The molecule has 0 spiro atoms. The summed E-state index contributed by atoms with van der Waals surface area (Å²) in [4.78, 5) is 0. The van der Waals surface area contributed by atoms with Crippen molar-refractivity contribution in [3.05, 3.63) is 30.0 Å². The van der Waals surface area contributed by atoms with Crippen molar-refractivity contribution in [2.24, 2.45) is 5.92 Å². The van der Waals surface area contributed by atoms with Crippen molar-refractivity contribution < 1.29 is 4.39 Å². The maximum absolute atomic E-state index is 13.4. The number of rotatable bonds is 2. The van der Waals surface area contributed by atoms with Gasteiger partial charge in [-0.2, -0.15) is 0 Å². The van der Waals surface area contributed by atoms with Crippen molar-refractivity contribution in [3.63, 3.8) is 0 Å². The lowest BCUT2D eigenvalue weighted by molar-refractivity contribution is 0.557. The van der Waals surface area contributed by atoms with Crippen LogP contribution < -0.4 is 5.32 Å². The third kappa shape index (κ3) is 1.57. The van der Waals surface area contributed by atoms with Crippen LogP contribution in [0.1, 0.15) is 12.2 Å². The molecule has 0 aromatic carbocycles. The van der Waals surface area contributed by atoms with Crippen LogP contribution in [0.3, 0.4) is 0 Å². The summed E-state index contributed by atoms with van der Waals surface area (Å²) in [5.74, 6) is 1.13. The Morgan fingerprint density at radius 2 is 2.44 bits per heavy atom. The average Bonchev–Trinajstić information content (AvgIpc) is 2.90. The van der Waals surface area contributed by atoms with E-state index in [1.54, 1.807) is 10.5 Å². The third-order valence-corrected chi connectivity index (χ3v) is 3.09. The van der Waals surface area contributed by atoms with Gasteiger partial charge in [0.2, 0.25) is 0 Å². The minimum absolute atomic E-state index is 0.314. The molecule has 1 atom stereocenters. The molecule has 1 aliphatic heterocycles. The summed E-state index contributed by atoms with van der Waals surface area (Å²) in [7, 11) is 0. The number of pyridine rings is 1. The number of fused-ring (bicyclic) bond motifs is 1. The Hall–Kier alpha value is -1.49. The lowest BCUT2D eigenvalue weighted by Crippen LogP contribution is -2.12. The molecule has 1 aliphatic rings. The van der Waals surface area contributed by atoms with E-state index in [1.807, 2.05) is 6.20 Å². The molecule has 3 heterocycles. The number of nitrogens with zero attached hydrogens (tertiary/aromatic N) is 3. The van der Waals surface area contributed by atoms with Gasteiger partial charge in [-0.1, -0.05) is 0 Å². The molecule has 0 bridgehead atoms. The van der Waals surface area contributed by atoms with E-state index in [4.69, 9.17) is 0 Å². The summed E-state index contributed by atoms with van der Waals surface area (Å²) >= 11 is 0. The van der Waals surface area contributed by atoms with Crippen LogP contribution >= 0.6 is 0 Å². The summed E-state index contributed by atoms with van der Waals surface area (Å²) in [5, 5.41) is 11.3. The van der Waals surface area contributed by atoms with Gasteiger partial charge in [0.1, 0.15) is 5.82 Å². The predicted octanol–water partition coefficient (Wildman–Crippen LogP) is 1.02. The van der Waals surface area contributed by atoms with Gasteiger partial charge < -0.3 is 5.32 Å². The van der Waals surface area contributed by atoms with Gasteiger partial charge in [0, 0.05) is 12.6 Å². The van der Waals surface area contributed by atoms with Crippen molar-refractivity contribution in [2.45, 2.75) is 12.8 Å². The van der Waals surface area contributed by atoms with E-state index >= 15 is 0 Å². The number of hydrogen-bond donors (Lipinski definition) is 1. The van der Waals surface area contributed by atoms with Crippen molar-refractivity contribution >= 4 is 5.65 Å². The number of aromatic nitrogens is 3. The van der Waals surface area contributed by atoms with Crippen LogP contribution in [0.4, 0.5) is 4.39 Å². The normalized spacial score (nSPS) is 20.7. The zero-order chi connectivity index (χ0) is 11.0. The van der Waals surface area contributed by atoms with E-state index in [2.05, 4.69) is 15.5 Å². The number of nitrogens with one attached hydrogen (secondary N) is 1. The quantitative estimate of drug-likeness (QED) is 0.821. The zero-order valence-electron chi connectivity index (χ0n) is 8.86. The topological polar surface area (TPSA) is 42.2 Å². The second kappa shape index (κ2) is 3.83. The van der Waals surface area contributed by atoms with Gasteiger partial charge in [0.25, 0.3) is 0 Å². The van der Waals surface area contributed by atoms with E-state index in [0.29, 0.717) is 11.6 Å². The maximum Gasteiger partial charge on any atom is 0.196 e. The highest BCUT2D eigenvalue weighted by molar-refractivity contribution is 5.39. The Labute approximate surface area is 92.5 Å². The fraction of sp³-hybridized carbons (Fsp3) is 0.455. The first-order chi connectivity index (χ1) is 7.84. The molecular formula is C11H13FN4. The van der Waals surface area contributed by atoms with Crippen LogP contribution in [0.5, 0.6) is 0 Å². The highest BCUT2D eigenvalue weighted by Crippen LogP contribution is 2.15. The average molecular weight is 220 g/mol.